The predicted octanol–water partition coefficient (Wildman–Crippen LogP) is 5.09. The number of nitrogens with zero attached hydrogens (tertiary/aromatic N) is 3. The van der Waals surface area contributed by atoms with Gasteiger partial charge in [0.1, 0.15) is 11.9 Å². The van der Waals surface area contributed by atoms with Crippen LogP contribution in [0.25, 0.3) is 11.1 Å². The molecule has 2 aliphatic rings. The summed E-state index contributed by atoms with van der Waals surface area (Å²) >= 11 is 6.10. The minimum atomic E-state index is -4.76. The van der Waals surface area contributed by atoms with E-state index in [1.165, 1.54) is 18.2 Å². The molecule has 0 aliphatic carbocycles. The largest absolute Gasteiger partial charge is 0.480 e. The van der Waals surface area contributed by atoms with Crippen LogP contribution in [0.3, 0.4) is 0 Å². The highest BCUT2D eigenvalue weighted by Crippen LogP contribution is 2.43. The van der Waals surface area contributed by atoms with Crippen molar-refractivity contribution in [2.75, 3.05) is 30.3 Å². The fourth-order valence-electron chi connectivity index (χ4n) is 5.41. The fourth-order valence-corrected chi connectivity index (χ4v) is 5.60. The number of nitrogen functional groups attached to an aromatic ring is 1. The molecule has 2 fully saturated rings. The highest BCUT2D eigenvalue weighted by molar-refractivity contribution is 6.30. The third-order valence-corrected chi connectivity index (χ3v) is 7.66. The Morgan fingerprint density at radius 1 is 1.15 bits per heavy atom. The first kappa shape index (κ1) is 27.0. The summed E-state index contributed by atoms with van der Waals surface area (Å²) in [5.74, 6) is -1.01. The van der Waals surface area contributed by atoms with E-state index in [1.807, 2.05) is 4.90 Å². The quantitative estimate of drug-likeness (QED) is 0.381. The number of ether oxygens (including phenoxy) is 1. The van der Waals surface area contributed by atoms with Gasteiger partial charge in [0.2, 0.25) is 17.9 Å². The number of benzene rings is 2. The van der Waals surface area contributed by atoms with Crippen LogP contribution in [0.15, 0.2) is 54.6 Å². The number of carboxylic acids is 1. The zero-order valence-electron chi connectivity index (χ0n) is 20.8. The van der Waals surface area contributed by atoms with Gasteiger partial charge in [-0.15, -0.1) is 0 Å². The van der Waals surface area contributed by atoms with E-state index in [9.17, 15) is 23.1 Å². The van der Waals surface area contributed by atoms with Crippen molar-refractivity contribution >= 4 is 29.3 Å². The van der Waals surface area contributed by atoms with Crippen LogP contribution in [0, 0.1) is 5.41 Å². The van der Waals surface area contributed by atoms with E-state index in [4.69, 9.17) is 22.1 Å². The Balaban J connectivity index is 1.39. The number of piperidine rings is 1. The van der Waals surface area contributed by atoms with Crippen molar-refractivity contribution in [3.63, 3.8) is 0 Å². The van der Waals surface area contributed by atoms with Crippen LogP contribution in [0.2, 0.25) is 5.02 Å². The second-order valence-corrected chi connectivity index (χ2v) is 10.5. The van der Waals surface area contributed by atoms with Crippen LogP contribution < -0.4 is 20.7 Å². The number of hydrogen-bond acceptors (Lipinski definition) is 7. The number of alkyl halides is 3. The van der Waals surface area contributed by atoms with Gasteiger partial charge in [-0.05, 0) is 47.9 Å². The summed E-state index contributed by atoms with van der Waals surface area (Å²) < 4.78 is 48.7. The number of aromatic nitrogens is 2. The molecule has 2 saturated heterocycles. The lowest BCUT2D eigenvalue weighted by Gasteiger charge is -2.39. The monoisotopic (exact) mass is 561 g/mol. The molecule has 12 heteroatoms. The molecule has 1 aromatic heterocycles. The van der Waals surface area contributed by atoms with Crippen LogP contribution in [0.5, 0.6) is 5.88 Å². The minimum absolute atomic E-state index is 0.0902. The van der Waals surface area contributed by atoms with Crippen LogP contribution in [-0.2, 0) is 4.79 Å². The molecule has 0 bridgehead atoms. The maximum atomic E-state index is 14.4. The maximum absolute atomic E-state index is 14.4. The number of nitrogens with one attached hydrogen (secondary N) is 1. The standard InChI is InChI=1S/C27H27ClF3N5O3/c28-17-5-3-4-16(12-17)18-6-1-2-7-19(18)23(27(29,30)31)39-22-13-21(34-25(32)35-22)36-10-8-26(9-11-36)14-20(24(37)38)33-15-26/h1-7,12-13,20,23,33H,8-11,14-15H2,(H,37,38)(H2,32,34,35)/t20-,23?/m0/s1. The summed E-state index contributed by atoms with van der Waals surface area (Å²) in [5, 5.41) is 12.8. The molecular formula is C27H27ClF3N5O3. The average Bonchev–Trinajstić information content (AvgIpc) is 3.30. The van der Waals surface area contributed by atoms with Gasteiger partial charge in [0.25, 0.3) is 0 Å². The smallest absolute Gasteiger partial charge is 0.429 e. The van der Waals surface area contributed by atoms with Crippen LogP contribution >= 0.6 is 11.6 Å². The normalized spacial score (nSPS) is 19.7. The molecule has 0 saturated carbocycles. The lowest BCUT2D eigenvalue weighted by Crippen LogP contribution is -2.41. The lowest BCUT2D eigenvalue weighted by molar-refractivity contribution is -0.198. The first-order chi connectivity index (χ1) is 18.5. The third kappa shape index (κ3) is 5.89. The molecule has 0 amide bonds. The van der Waals surface area contributed by atoms with Crippen molar-refractivity contribution < 1.29 is 27.8 Å². The second kappa shape index (κ2) is 10.5. The Morgan fingerprint density at radius 3 is 2.56 bits per heavy atom. The fraction of sp³-hybridized carbons (Fsp3) is 0.370. The van der Waals surface area contributed by atoms with E-state index < -0.39 is 24.3 Å². The van der Waals surface area contributed by atoms with E-state index >= 15 is 0 Å². The van der Waals surface area contributed by atoms with E-state index in [0.29, 0.717) is 60.9 Å². The van der Waals surface area contributed by atoms with Gasteiger partial charge in [-0.3, -0.25) is 4.79 Å². The van der Waals surface area contributed by atoms with Gasteiger partial charge < -0.3 is 25.8 Å². The predicted molar refractivity (Wildman–Crippen MR) is 141 cm³/mol. The Bertz CT molecular complexity index is 1360. The minimum Gasteiger partial charge on any atom is -0.480 e. The molecular weight excluding hydrogens is 535 g/mol. The molecule has 39 heavy (non-hydrogen) atoms. The van der Waals surface area contributed by atoms with Crippen molar-refractivity contribution in [2.24, 2.45) is 5.41 Å². The molecule has 2 atom stereocenters. The highest BCUT2D eigenvalue weighted by atomic mass is 35.5. The van der Waals surface area contributed by atoms with E-state index in [1.54, 1.807) is 36.4 Å². The first-order valence-electron chi connectivity index (χ1n) is 12.5. The zero-order valence-corrected chi connectivity index (χ0v) is 21.5. The first-order valence-corrected chi connectivity index (χ1v) is 12.8. The highest BCUT2D eigenvalue weighted by Gasteiger charge is 2.45. The lowest BCUT2D eigenvalue weighted by atomic mass is 9.76. The Kier molecular flexibility index (Phi) is 7.30. The molecule has 1 unspecified atom stereocenters. The third-order valence-electron chi connectivity index (χ3n) is 7.43. The molecule has 3 aromatic rings. The van der Waals surface area contributed by atoms with Gasteiger partial charge in [0.15, 0.2) is 0 Å². The van der Waals surface area contributed by atoms with Gasteiger partial charge >= 0.3 is 12.1 Å². The molecule has 3 heterocycles. The molecule has 1 spiro atoms. The number of hydrogen-bond donors (Lipinski definition) is 3. The SMILES string of the molecule is Nc1nc(OC(c2ccccc2-c2cccc(Cl)c2)C(F)(F)F)cc(N2CCC3(CC2)CN[C@H](C(=O)O)C3)n1. The van der Waals surface area contributed by atoms with Crippen molar-refractivity contribution in [3.8, 4) is 17.0 Å². The van der Waals surface area contributed by atoms with Gasteiger partial charge in [-0.25, -0.2) is 0 Å². The van der Waals surface area contributed by atoms with Crippen LogP contribution in [0.1, 0.15) is 30.9 Å². The van der Waals surface area contributed by atoms with Crippen molar-refractivity contribution in [1.82, 2.24) is 15.3 Å². The number of aliphatic carboxylic acids is 1. The summed E-state index contributed by atoms with van der Waals surface area (Å²) in [6.07, 6.45) is -5.13. The van der Waals surface area contributed by atoms with Crippen LogP contribution in [0.4, 0.5) is 24.9 Å². The van der Waals surface area contributed by atoms with Crippen molar-refractivity contribution in [1.29, 1.82) is 0 Å². The van der Waals surface area contributed by atoms with Crippen molar-refractivity contribution in [3.05, 3.63) is 65.2 Å². The molecule has 0 radical (unpaired) electrons. The number of nitrogens with two attached hydrogens (primary N) is 1. The Labute approximate surface area is 228 Å². The molecule has 206 valence electrons. The Hall–Kier alpha value is -3.57. The number of halogens is 4. The zero-order chi connectivity index (χ0) is 27.8. The molecule has 2 aliphatic heterocycles. The number of rotatable bonds is 6. The van der Waals surface area contributed by atoms with E-state index in [2.05, 4.69) is 15.3 Å². The van der Waals surface area contributed by atoms with Gasteiger partial charge in [-0.1, -0.05) is 48.0 Å². The number of carbonyl (C=O) groups is 1. The molecule has 4 N–H and O–H groups in total. The van der Waals surface area contributed by atoms with Gasteiger partial charge in [-0.2, -0.15) is 23.1 Å². The maximum Gasteiger partial charge on any atom is 0.429 e. The van der Waals surface area contributed by atoms with Crippen molar-refractivity contribution in [2.45, 2.75) is 37.6 Å². The average molecular weight is 562 g/mol. The summed E-state index contributed by atoms with van der Waals surface area (Å²) in [6, 6.07) is 13.5. The summed E-state index contributed by atoms with van der Waals surface area (Å²) in [7, 11) is 0. The van der Waals surface area contributed by atoms with Gasteiger partial charge in [0.05, 0.1) is 0 Å². The Morgan fingerprint density at radius 2 is 1.90 bits per heavy atom. The van der Waals surface area contributed by atoms with E-state index in [-0.39, 0.29) is 22.8 Å². The summed E-state index contributed by atoms with van der Waals surface area (Å²) in [6.45, 7) is 1.70. The molecule has 5 rings (SSSR count). The number of carboxylic acid groups (broad SMARTS) is 1. The molecule has 2 aromatic carbocycles. The summed E-state index contributed by atoms with van der Waals surface area (Å²) in [5.41, 5.74) is 6.52. The molecule has 8 nitrogen and oxygen atoms in total. The van der Waals surface area contributed by atoms with Crippen LogP contribution in [-0.4, -0.2) is 52.9 Å². The summed E-state index contributed by atoms with van der Waals surface area (Å²) in [4.78, 5) is 21.5. The van der Waals surface area contributed by atoms with E-state index in [0.717, 1.165) is 0 Å². The number of anilines is 2. The second-order valence-electron chi connectivity index (χ2n) is 10.0. The topological polar surface area (TPSA) is 114 Å². The van der Waals surface area contributed by atoms with Gasteiger partial charge in [0, 0.05) is 36.3 Å².